The largest absolute Gasteiger partial charge is 0.480 e. The van der Waals surface area contributed by atoms with Crippen molar-refractivity contribution >= 4 is 23.2 Å². The number of nitrogens with one attached hydrogen (secondary N) is 1. The van der Waals surface area contributed by atoms with Gasteiger partial charge in [-0.3, -0.25) is 9.59 Å². The van der Waals surface area contributed by atoms with Crippen molar-refractivity contribution in [2.75, 3.05) is 0 Å². The van der Waals surface area contributed by atoms with E-state index in [2.05, 4.69) is 5.32 Å². The number of rotatable bonds is 4. The first kappa shape index (κ1) is 12.7. The molecule has 1 amide bonds. The third kappa shape index (κ3) is 2.61. The Morgan fingerprint density at radius 2 is 2.12 bits per heavy atom. The molecule has 0 aromatic carbocycles. The maximum Gasteiger partial charge on any atom is 0.318 e. The van der Waals surface area contributed by atoms with Crippen LogP contribution in [0.3, 0.4) is 0 Å². The lowest BCUT2D eigenvalue weighted by atomic mass is 9.93. The molecule has 0 unspecified atom stereocenters. The lowest BCUT2D eigenvalue weighted by Crippen LogP contribution is -2.41. The molecule has 0 aliphatic heterocycles. The van der Waals surface area contributed by atoms with Gasteiger partial charge >= 0.3 is 5.97 Å². The van der Waals surface area contributed by atoms with Gasteiger partial charge < -0.3 is 10.4 Å². The molecular weight excluding hydrogens is 226 g/mol. The molecule has 0 fully saturated rings. The standard InChI is InChI=1S/C11H15NO3S/c1-7-4-5-16-8(7)6-12-9(13)11(2,3)10(14)15/h4-5H,6H2,1-3H3,(H,12,13)(H,14,15). The van der Waals surface area contributed by atoms with Crippen molar-refractivity contribution in [3.63, 3.8) is 0 Å². The lowest BCUT2D eigenvalue weighted by molar-refractivity contribution is -0.153. The van der Waals surface area contributed by atoms with Crippen LogP contribution in [0.5, 0.6) is 0 Å². The van der Waals surface area contributed by atoms with Gasteiger partial charge in [-0.05, 0) is 37.8 Å². The first-order valence-corrected chi connectivity index (χ1v) is 5.78. The molecule has 0 spiro atoms. The molecule has 0 saturated carbocycles. The fourth-order valence-corrected chi connectivity index (χ4v) is 1.91. The molecule has 1 heterocycles. The second-order valence-electron chi connectivity index (χ2n) is 4.14. The van der Waals surface area contributed by atoms with Crippen LogP contribution in [-0.2, 0) is 16.1 Å². The van der Waals surface area contributed by atoms with Crippen LogP contribution in [0.1, 0.15) is 24.3 Å². The molecule has 88 valence electrons. The van der Waals surface area contributed by atoms with E-state index in [0.717, 1.165) is 10.4 Å². The lowest BCUT2D eigenvalue weighted by Gasteiger charge is -2.18. The minimum atomic E-state index is -1.38. The fourth-order valence-electron chi connectivity index (χ4n) is 1.06. The van der Waals surface area contributed by atoms with Crippen LogP contribution in [0, 0.1) is 12.3 Å². The van der Waals surface area contributed by atoms with Gasteiger partial charge in [-0.1, -0.05) is 0 Å². The van der Waals surface area contributed by atoms with Gasteiger partial charge in [0.15, 0.2) is 0 Å². The Morgan fingerprint density at radius 1 is 1.50 bits per heavy atom. The van der Waals surface area contributed by atoms with Gasteiger partial charge in [0, 0.05) is 4.88 Å². The van der Waals surface area contributed by atoms with Gasteiger partial charge in [0.05, 0.1) is 6.54 Å². The van der Waals surface area contributed by atoms with Crippen LogP contribution in [-0.4, -0.2) is 17.0 Å². The van der Waals surface area contributed by atoms with Crippen LogP contribution < -0.4 is 5.32 Å². The third-order valence-corrected chi connectivity index (χ3v) is 3.50. The van der Waals surface area contributed by atoms with Crippen LogP contribution in [0.15, 0.2) is 11.4 Å². The monoisotopic (exact) mass is 241 g/mol. The van der Waals surface area contributed by atoms with Crippen molar-refractivity contribution in [2.45, 2.75) is 27.3 Å². The second-order valence-corrected chi connectivity index (χ2v) is 5.14. The quantitative estimate of drug-likeness (QED) is 0.790. The number of carbonyl (C=O) groups excluding carboxylic acids is 1. The number of carboxylic acid groups (broad SMARTS) is 1. The number of hydrogen-bond acceptors (Lipinski definition) is 3. The highest BCUT2D eigenvalue weighted by atomic mass is 32.1. The average Bonchev–Trinajstić information content (AvgIpc) is 2.60. The molecule has 0 saturated heterocycles. The number of carboxylic acids is 1. The van der Waals surface area contributed by atoms with Crippen molar-refractivity contribution in [2.24, 2.45) is 5.41 Å². The summed E-state index contributed by atoms with van der Waals surface area (Å²) in [6, 6.07) is 1.97. The summed E-state index contributed by atoms with van der Waals surface area (Å²) in [5.74, 6) is -1.58. The van der Waals surface area contributed by atoms with Gasteiger partial charge in [-0.2, -0.15) is 0 Å². The second kappa shape index (κ2) is 4.65. The van der Waals surface area contributed by atoms with E-state index in [-0.39, 0.29) is 0 Å². The SMILES string of the molecule is Cc1ccsc1CNC(=O)C(C)(C)C(=O)O. The maximum atomic E-state index is 11.6. The van der Waals surface area contributed by atoms with Crippen molar-refractivity contribution < 1.29 is 14.7 Å². The van der Waals surface area contributed by atoms with Gasteiger partial charge in [-0.15, -0.1) is 11.3 Å². The predicted octanol–water partition coefficient (Wildman–Crippen LogP) is 1.78. The molecule has 0 atom stereocenters. The van der Waals surface area contributed by atoms with Crippen molar-refractivity contribution in [1.29, 1.82) is 0 Å². The van der Waals surface area contributed by atoms with E-state index in [0.29, 0.717) is 6.54 Å². The van der Waals surface area contributed by atoms with E-state index in [1.807, 2.05) is 18.4 Å². The van der Waals surface area contributed by atoms with E-state index in [9.17, 15) is 9.59 Å². The first-order chi connectivity index (χ1) is 7.35. The highest BCUT2D eigenvalue weighted by Gasteiger charge is 2.35. The smallest absolute Gasteiger partial charge is 0.318 e. The van der Waals surface area contributed by atoms with Crippen molar-refractivity contribution in [1.82, 2.24) is 5.32 Å². The van der Waals surface area contributed by atoms with Crippen LogP contribution >= 0.6 is 11.3 Å². The Bertz CT molecular complexity index is 409. The molecule has 2 N–H and O–H groups in total. The summed E-state index contributed by atoms with van der Waals surface area (Å²) in [6.07, 6.45) is 0. The van der Waals surface area contributed by atoms with Gasteiger partial charge in [-0.25, -0.2) is 0 Å². The average molecular weight is 241 g/mol. The molecule has 0 bridgehead atoms. The highest BCUT2D eigenvalue weighted by Crippen LogP contribution is 2.18. The molecule has 4 nitrogen and oxygen atoms in total. The fraction of sp³-hybridized carbons (Fsp3) is 0.455. The zero-order valence-corrected chi connectivity index (χ0v) is 10.4. The van der Waals surface area contributed by atoms with Crippen LogP contribution in [0.25, 0.3) is 0 Å². The number of carbonyl (C=O) groups is 2. The Morgan fingerprint density at radius 3 is 2.56 bits per heavy atom. The Hall–Kier alpha value is -1.36. The third-order valence-electron chi connectivity index (χ3n) is 2.48. The summed E-state index contributed by atoms with van der Waals surface area (Å²) in [4.78, 5) is 23.5. The Kier molecular flexibility index (Phi) is 3.70. The topological polar surface area (TPSA) is 66.4 Å². The normalized spacial score (nSPS) is 11.2. The van der Waals surface area contributed by atoms with Gasteiger partial charge in [0.25, 0.3) is 0 Å². The summed E-state index contributed by atoms with van der Waals surface area (Å²) < 4.78 is 0. The van der Waals surface area contributed by atoms with Gasteiger partial charge in [0.1, 0.15) is 5.41 Å². The molecule has 16 heavy (non-hydrogen) atoms. The molecule has 0 aliphatic carbocycles. The summed E-state index contributed by atoms with van der Waals surface area (Å²) >= 11 is 1.55. The van der Waals surface area contributed by atoms with E-state index in [1.54, 1.807) is 11.3 Å². The summed E-state index contributed by atoms with van der Waals surface area (Å²) in [7, 11) is 0. The van der Waals surface area contributed by atoms with E-state index >= 15 is 0 Å². The number of aliphatic carboxylic acids is 1. The van der Waals surface area contributed by atoms with E-state index in [1.165, 1.54) is 13.8 Å². The van der Waals surface area contributed by atoms with Crippen LogP contribution in [0.4, 0.5) is 0 Å². The zero-order chi connectivity index (χ0) is 12.3. The number of amides is 1. The van der Waals surface area contributed by atoms with E-state index in [4.69, 9.17) is 5.11 Å². The Balaban J connectivity index is 2.60. The molecule has 1 rings (SSSR count). The number of aryl methyl sites for hydroxylation is 1. The minimum Gasteiger partial charge on any atom is -0.480 e. The Labute approximate surface area is 98.3 Å². The molecule has 0 radical (unpaired) electrons. The minimum absolute atomic E-state index is 0.388. The summed E-state index contributed by atoms with van der Waals surface area (Å²) in [5.41, 5.74) is -0.274. The molecule has 0 aliphatic rings. The number of hydrogen-bond donors (Lipinski definition) is 2. The summed E-state index contributed by atoms with van der Waals surface area (Å²) in [5, 5.41) is 13.4. The first-order valence-electron chi connectivity index (χ1n) is 4.90. The van der Waals surface area contributed by atoms with Crippen molar-refractivity contribution in [3.8, 4) is 0 Å². The zero-order valence-electron chi connectivity index (χ0n) is 9.53. The predicted molar refractivity (Wildman–Crippen MR) is 62.3 cm³/mol. The van der Waals surface area contributed by atoms with Crippen LogP contribution in [0.2, 0.25) is 0 Å². The van der Waals surface area contributed by atoms with E-state index < -0.39 is 17.3 Å². The van der Waals surface area contributed by atoms with Crippen molar-refractivity contribution in [3.05, 3.63) is 21.9 Å². The molecule has 5 heteroatoms. The molecule has 1 aromatic heterocycles. The number of thiophene rings is 1. The highest BCUT2D eigenvalue weighted by molar-refractivity contribution is 7.10. The molecular formula is C11H15NO3S. The maximum absolute atomic E-state index is 11.6. The molecule has 1 aromatic rings. The summed E-state index contributed by atoms with van der Waals surface area (Å²) in [6.45, 7) is 5.14. The van der Waals surface area contributed by atoms with Gasteiger partial charge in [0.2, 0.25) is 5.91 Å².